The highest BCUT2D eigenvalue weighted by Crippen LogP contribution is 2.28. The van der Waals surface area contributed by atoms with Gasteiger partial charge in [-0.25, -0.2) is 0 Å². The Morgan fingerprint density at radius 1 is 1.50 bits per heavy atom. The van der Waals surface area contributed by atoms with Crippen molar-refractivity contribution in [1.82, 2.24) is 10.3 Å². The maximum atomic E-state index is 11.4. The van der Waals surface area contributed by atoms with E-state index in [1.807, 2.05) is 0 Å². The summed E-state index contributed by atoms with van der Waals surface area (Å²) in [6.07, 6.45) is 3.43. The van der Waals surface area contributed by atoms with E-state index in [0.29, 0.717) is 12.1 Å². The minimum absolute atomic E-state index is 0.0410. The third-order valence-electron chi connectivity index (χ3n) is 2.53. The van der Waals surface area contributed by atoms with Crippen LogP contribution in [0.4, 0.5) is 0 Å². The van der Waals surface area contributed by atoms with Crippen molar-refractivity contribution in [3.63, 3.8) is 0 Å². The predicted molar refractivity (Wildman–Crippen MR) is 57.3 cm³/mol. The monoisotopic (exact) mass is 219 g/mol. The van der Waals surface area contributed by atoms with E-state index in [4.69, 9.17) is 5.73 Å². The molecule has 1 fully saturated rings. The molecule has 0 aliphatic heterocycles. The van der Waals surface area contributed by atoms with Gasteiger partial charge in [0.15, 0.2) is 0 Å². The molecule has 3 N–H and O–H groups in total. The molecule has 1 heterocycles. The van der Waals surface area contributed by atoms with Crippen molar-refractivity contribution >= 4 is 11.8 Å². The number of nitrogens with two attached hydrogens (primary N) is 1. The van der Waals surface area contributed by atoms with Crippen molar-refractivity contribution in [2.75, 3.05) is 0 Å². The minimum atomic E-state index is -0.573. The standard InChI is InChI=1S/C11H13N3O2/c12-10(15)9-8(2-1-5-13-9)6-14-11(16)7-3-4-7/h1-2,5,7H,3-4,6H2,(H2,12,15)(H,14,16). The molecule has 16 heavy (non-hydrogen) atoms. The summed E-state index contributed by atoms with van der Waals surface area (Å²) in [6, 6.07) is 3.45. The molecule has 1 aliphatic rings. The number of rotatable bonds is 4. The van der Waals surface area contributed by atoms with Crippen molar-refractivity contribution in [1.29, 1.82) is 0 Å². The van der Waals surface area contributed by atoms with Gasteiger partial charge in [-0.15, -0.1) is 0 Å². The summed E-state index contributed by atoms with van der Waals surface area (Å²) in [7, 11) is 0. The van der Waals surface area contributed by atoms with Crippen LogP contribution in [0.1, 0.15) is 28.9 Å². The van der Waals surface area contributed by atoms with Gasteiger partial charge in [0.25, 0.3) is 5.91 Å². The molecule has 0 saturated heterocycles. The predicted octanol–water partition coefficient (Wildman–Crippen LogP) is 0.207. The van der Waals surface area contributed by atoms with E-state index in [9.17, 15) is 9.59 Å². The second kappa shape index (κ2) is 4.30. The molecule has 1 saturated carbocycles. The summed E-state index contributed by atoms with van der Waals surface area (Å²) in [5.41, 5.74) is 6.06. The molecule has 1 aromatic heterocycles. The molecule has 0 radical (unpaired) electrons. The molecule has 1 aliphatic carbocycles. The molecule has 0 unspecified atom stereocenters. The SMILES string of the molecule is NC(=O)c1ncccc1CNC(=O)C1CC1. The van der Waals surface area contributed by atoms with Crippen LogP contribution in [0.25, 0.3) is 0 Å². The number of nitrogens with one attached hydrogen (secondary N) is 1. The number of pyridine rings is 1. The zero-order chi connectivity index (χ0) is 11.5. The second-order valence-electron chi connectivity index (χ2n) is 3.87. The van der Waals surface area contributed by atoms with Crippen LogP contribution in [0.3, 0.4) is 0 Å². The van der Waals surface area contributed by atoms with Crippen LogP contribution in [0.5, 0.6) is 0 Å². The summed E-state index contributed by atoms with van der Waals surface area (Å²) >= 11 is 0. The highest BCUT2D eigenvalue weighted by molar-refractivity contribution is 5.92. The van der Waals surface area contributed by atoms with Crippen LogP contribution in [0, 0.1) is 5.92 Å². The first kappa shape index (κ1) is 10.6. The van der Waals surface area contributed by atoms with Gasteiger partial charge in [-0.05, 0) is 18.9 Å². The lowest BCUT2D eigenvalue weighted by Gasteiger charge is -2.06. The average molecular weight is 219 g/mol. The lowest BCUT2D eigenvalue weighted by Crippen LogP contribution is -2.26. The Labute approximate surface area is 93.0 Å². The van der Waals surface area contributed by atoms with Crippen LogP contribution in [-0.4, -0.2) is 16.8 Å². The molecule has 0 spiro atoms. The van der Waals surface area contributed by atoms with Gasteiger partial charge in [-0.1, -0.05) is 6.07 Å². The molecule has 1 aromatic rings. The van der Waals surface area contributed by atoms with Crippen LogP contribution in [0.2, 0.25) is 0 Å². The quantitative estimate of drug-likeness (QED) is 0.758. The molecule has 2 amide bonds. The van der Waals surface area contributed by atoms with Crippen molar-refractivity contribution in [3.8, 4) is 0 Å². The molecule has 0 bridgehead atoms. The Balaban J connectivity index is 2.02. The van der Waals surface area contributed by atoms with E-state index in [0.717, 1.165) is 12.8 Å². The fraction of sp³-hybridized carbons (Fsp3) is 0.364. The third-order valence-corrected chi connectivity index (χ3v) is 2.53. The molecule has 0 aromatic carbocycles. The molecule has 2 rings (SSSR count). The highest BCUT2D eigenvalue weighted by Gasteiger charge is 2.29. The summed E-state index contributed by atoms with van der Waals surface area (Å²) in [4.78, 5) is 26.4. The number of aromatic nitrogens is 1. The number of carbonyl (C=O) groups is 2. The second-order valence-corrected chi connectivity index (χ2v) is 3.87. The average Bonchev–Trinajstić information content (AvgIpc) is 3.10. The van der Waals surface area contributed by atoms with Gasteiger partial charge in [0.05, 0.1) is 0 Å². The molecular formula is C11H13N3O2. The van der Waals surface area contributed by atoms with Crippen LogP contribution in [0.15, 0.2) is 18.3 Å². The minimum Gasteiger partial charge on any atom is -0.364 e. The zero-order valence-corrected chi connectivity index (χ0v) is 8.77. The van der Waals surface area contributed by atoms with Gasteiger partial charge < -0.3 is 11.1 Å². The Kier molecular flexibility index (Phi) is 2.85. The Hall–Kier alpha value is -1.91. The van der Waals surface area contributed by atoms with Crippen LogP contribution < -0.4 is 11.1 Å². The van der Waals surface area contributed by atoms with Crippen LogP contribution >= 0.6 is 0 Å². The van der Waals surface area contributed by atoms with E-state index in [1.54, 1.807) is 12.1 Å². The van der Waals surface area contributed by atoms with E-state index < -0.39 is 5.91 Å². The van der Waals surface area contributed by atoms with Gasteiger partial charge in [0.2, 0.25) is 5.91 Å². The van der Waals surface area contributed by atoms with Gasteiger partial charge in [0, 0.05) is 24.2 Å². The molecule has 5 nitrogen and oxygen atoms in total. The van der Waals surface area contributed by atoms with Crippen LogP contribution in [-0.2, 0) is 11.3 Å². The maximum Gasteiger partial charge on any atom is 0.267 e. The fourth-order valence-corrected chi connectivity index (χ4v) is 1.48. The van der Waals surface area contributed by atoms with Crippen molar-refractivity contribution < 1.29 is 9.59 Å². The first-order chi connectivity index (χ1) is 7.68. The number of hydrogen-bond acceptors (Lipinski definition) is 3. The fourth-order valence-electron chi connectivity index (χ4n) is 1.48. The molecular weight excluding hydrogens is 206 g/mol. The Morgan fingerprint density at radius 3 is 2.88 bits per heavy atom. The van der Waals surface area contributed by atoms with Gasteiger partial charge in [-0.3, -0.25) is 14.6 Å². The Bertz CT molecular complexity index is 427. The first-order valence-corrected chi connectivity index (χ1v) is 5.20. The van der Waals surface area contributed by atoms with Gasteiger partial charge >= 0.3 is 0 Å². The molecule has 84 valence electrons. The lowest BCUT2D eigenvalue weighted by atomic mass is 10.2. The van der Waals surface area contributed by atoms with Gasteiger partial charge in [0.1, 0.15) is 5.69 Å². The topological polar surface area (TPSA) is 85.1 Å². The Morgan fingerprint density at radius 2 is 2.25 bits per heavy atom. The normalized spacial score (nSPS) is 14.5. The lowest BCUT2D eigenvalue weighted by molar-refractivity contribution is -0.122. The summed E-state index contributed by atoms with van der Waals surface area (Å²) in [6.45, 7) is 0.307. The van der Waals surface area contributed by atoms with E-state index in [-0.39, 0.29) is 17.5 Å². The van der Waals surface area contributed by atoms with Crippen molar-refractivity contribution in [3.05, 3.63) is 29.6 Å². The smallest absolute Gasteiger partial charge is 0.267 e. The number of carbonyl (C=O) groups excluding carboxylic acids is 2. The van der Waals surface area contributed by atoms with E-state index in [1.165, 1.54) is 6.20 Å². The van der Waals surface area contributed by atoms with Gasteiger partial charge in [-0.2, -0.15) is 0 Å². The summed E-state index contributed by atoms with van der Waals surface area (Å²) in [5.74, 6) is -0.371. The van der Waals surface area contributed by atoms with Crippen molar-refractivity contribution in [2.24, 2.45) is 11.7 Å². The number of nitrogens with zero attached hydrogens (tertiary/aromatic N) is 1. The van der Waals surface area contributed by atoms with E-state index >= 15 is 0 Å². The summed E-state index contributed by atoms with van der Waals surface area (Å²) in [5, 5.41) is 2.77. The number of primary amides is 1. The number of hydrogen-bond donors (Lipinski definition) is 2. The third kappa shape index (κ3) is 2.36. The molecule has 5 heteroatoms. The first-order valence-electron chi connectivity index (χ1n) is 5.20. The highest BCUT2D eigenvalue weighted by atomic mass is 16.2. The molecule has 0 atom stereocenters. The number of amides is 2. The zero-order valence-electron chi connectivity index (χ0n) is 8.77. The summed E-state index contributed by atoms with van der Waals surface area (Å²) < 4.78 is 0. The van der Waals surface area contributed by atoms with E-state index in [2.05, 4.69) is 10.3 Å². The largest absolute Gasteiger partial charge is 0.364 e. The van der Waals surface area contributed by atoms with Crippen molar-refractivity contribution in [2.45, 2.75) is 19.4 Å². The maximum absolute atomic E-state index is 11.4.